The monoisotopic (exact) mass is 249 g/mol. The number of hydrogen-bond acceptors (Lipinski definition) is 4. The Hall–Kier alpha value is 0.230. The molecule has 1 atom stereocenters. The van der Waals surface area contributed by atoms with Gasteiger partial charge in [0.2, 0.25) is 0 Å². The van der Waals surface area contributed by atoms with Gasteiger partial charge in [-0.25, -0.2) is 0 Å². The third-order valence-electron chi connectivity index (χ3n) is 2.42. The summed E-state index contributed by atoms with van der Waals surface area (Å²) >= 11 is 4.14. The molecule has 0 saturated heterocycles. The smallest absolute Gasteiger partial charge is 0.0701 e. The molecule has 98 valence electrons. The van der Waals surface area contributed by atoms with Gasteiger partial charge in [-0.15, -0.1) is 0 Å². The first-order valence-corrected chi connectivity index (χ1v) is 6.94. The van der Waals surface area contributed by atoms with E-state index in [0.717, 1.165) is 44.8 Å². The van der Waals surface area contributed by atoms with Crippen LogP contribution in [0.2, 0.25) is 0 Å². The van der Waals surface area contributed by atoms with Crippen LogP contribution in [0.4, 0.5) is 0 Å². The van der Waals surface area contributed by atoms with Crippen molar-refractivity contribution in [2.24, 2.45) is 0 Å². The molecule has 4 heteroatoms. The molecule has 0 saturated carbocycles. The second kappa shape index (κ2) is 13.3. The molecule has 0 aromatic heterocycles. The van der Waals surface area contributed by atoms with Crippen molar-refractivity contribution in [3.63, 3.8) is 0 Å². The van der Waals surface area contributed by atoms with Crippen molar-refractivity contribution in [1.29, 1.82) is 0 Å². The van der Waals surface area contributed by atoms with Crippen molar-refractivity contribution in [2.45, 2.75) is 39.2 Å². The predicted octanol–water partition coefficient (Wildman–Crippen LogP) is 2.12. The molecule has 1 N–H and O–H groups in total. The van der Waals surface area contributed by atoms with Crippen LogP contribution in [0.3, 0.4) is 0 Å². The van der Waals surface area contributed by atoms with Crippen molar-refractivity contribution in [3.05, 3.63) is 0 Å². The topological polar surface area (TPSA) is 30.5 Å². The third-order valence-corrected chi connectivity index (χ3v) is 2.74. The van der Waals surface area contributed by atoms with Gasteiger partial charge in [-0.05, 0) is 31.9 Å². The van der Waals surface area contributed by atoms with Crippen LogP contribution < -0.4 is 5.32 Å². The molecule has 0 heterocycles. The van der Waals surface area contributed by atoms with Gasteiger partial charge in [0.25, 0.3) is 0 Å². The second-order valence-corrected chi connectivity index (χ2v) is 4.37. The highest BCUT2D eigenvalue weighted by Crippen LogP contribution is 1.92. The van der Waals surface area contributed by atoms with E-state index in [1.807, 2.05) is 0 Å². The Balaban J connectivity index is 2.93. The molecule has 0 spiro atoms. The first kappa shape index (κ1) is 16.2. The first-order chi connectivity index (χ1) is 7.81. The average Bonchev–Trinajstić information content (AvgIpc) is 2.31. The van der Waals surface area contributed by atoms with Crippen LogP contribution in [0.15, 0.2) is 0 Å². The number of thiol groups is 1. The lowest BCUT2D eigenvalue weighted by Crippen LogP contribution is -2.29. The quantitative estimate of drug-likeness (QED) is 0.410. The van der Waals surface area contributed by atoms with Crippen LogP contribution in [0, 0.1) is 0 Å². The molecule has 0 bridgehead atoms. The molecule has 0 fully saturated rings. The molecule has 1 unspecified atom stereocenters. The number of unbranched alkanes of at least 4 members (excludes halogenated alkanes) is 1. The SMILES string of the molecule is CCC(C)NCCOCCOCCCCS. The number of nitrogens with one attached hydrogen (secondary N) is 1. The van der Waals surface area contributed by atoms with Gasteiger partial charge < -0.3 is 14.8 Å². The van der Waals surface area contributed by atoms with Crippen molar-refractivity contribution in [3.8, 4) is 0 Å². The highest BCUT2D eigenvalue weighted by atomic mass is 32.1. The number of ether oxygens (including phenoxy) is 2. The highest BCUT2D eigenvalue weighted by Gasteiger charge is 1.95. The van der Waals surface area contributed by atoms with Crippen molar-refractivity contribution in [1.82, 2.24) is 5.32 Å². The largest absolute Gasteiger partial charge is 0.379 e. The molecule has 0 aliphatic rings. The van der Waals surface area contributed by atoms with Gasteiger partial charge in [0, 0.05) is 19.2 Å². The fourth-order valence-corrected chi connectivity index (χ4v) is 1.38. The Kier molecular flexibility index (Phi) is 13.5. The van der Waals surface area contributed by atoms with Crippen LogP contribution in [0.1, 0.15) is 33.1 Å². The minimum atomic E-state index is 0.584. The summed E-state index contributed by atoms with van der Waals surface area (Å²) in [4.78, 5) is 0. The van der Waals surface area contributed by atoms with Gasteiger partial charge in [0.15, 0.2) is 0 Å². The van der Waals surface area contributed by atoms with Crippen LogP contribution in [-0.2, 0) is 9.47 Å². The summed E-state index contributed by atoms with van der Waals surface area (Å²) in [6.45, 7) is 8.29. The summed E-state index contributed by atoms with van der Waals surface area (Å²) in [6.07, 6.45) is 3.39. The second-order valence-electron chi connectivity index (χ2n) is 3.92. The Morgan fingerprint density at radius 2 is 1.75 bits per heavy atom. The van der Waals surface area contributed by atoms with Gasteiger partial charge >= 0.3 is 0 Å². The Bertz CT molecular complexity index is 136. The van der Waals surface area contributed by atoms with Crippen molar-refractivity contribution >= 4 is 12.6 Å². The molecule has 0 aromatic carbocycles. The van der Waals surface area contributed by atoms with E-state index in [1.165, 1.54) is 0 Å². The summed E-state index contributed by atoms with van der Waals surface area (Å²) in [7, 11) is 0. The Morgan fingerprint density at radius 3 is 2.38 bits per heavy atom. The first-order valence-electron chi connectivity index (χ1n) is 6.31. The predicted molar refractivity (Wildman–Crippen MR) is 72.5 cm³/mol. The molecule has 0 amide bonds. The maximum atomic E-state index is 5.43. The van der Waals surface area contributed by atoms with Gasteiger partial charge in [0.1, 0.15) is 0 Å². The molecule has 0 radical (unpaired) electrons. The molecular weight excluding hydrogens is 222 g/mol. The Labute approximate surface area is 106 Å². The molecule has 0 aliphatic heterocycles. The fourth-order valence-electron chi connectivity index (χ4n) is 1.16. The summed E-state index contributed by atoms with van der Waals surface area (Å²) in [5, 5.41) is 3.38. The van der Waals surface area contributed by atoms with Crippen LogP contribution >= 0.6 is 12.6 Å². The number of rotatable bonds is 12. The van der Waals surface area contributed by atoms with Crippen LogP contribution in [0.25, 0.3) is 0 Å². The summed E-state index contributed by atoms with van der Waals surface area (Å²) in [5.74, 6) is 0.946. The summed E-state index contributed by atoms with van der Waals surface area (Å²) < 4.78 is 10.8. The zero-order valence-electron chi connectivity index (χ0n) is 10.7. The van der Waals surface area contributed by atoms with E-state index in [0.29, 0.717) is 19.3 Å². The minimum Gasteiger partial charge on any atom is -0.379 e. The van der Waals surface area contributed by atoms with Crippen LogP contribution in [0.5, 0.6) is 0 Å². The lowest BCUT2D eigenvalue weighted by Gasteiger charge is -2.11. The lowest BCUT2D eigenvalue weighted by atomic mass is 10.3. The zero-order valence-corrected chi connectivity index (χ0v) is 11.6. The fraction of sp³-hybridized carbons (Fsp3) is 1.00. The van der Waals surface area contributed by atoms with E-state index in [-0.39, 0.29) is 0 Å². The highest BCUT2D eigenvalue weighted by molar-refractivity contribution is 7.80. The molecule has 16 heavy (non-hydrogen) atoms. The van der Waals surface area contributed by atoms with Gasteiger partial charge in [0.05, 0.1) is 19.8 Å². The molecule has 0 rings (SSSR count). The molecule has 3 nitrogen and oxygen atoms in total. The normalized spacial score (nSPS) is 12.9. The maximum Gasteiger partial charge on any atom is 0.0701 e. The third kappa shape index (κ3) is 12.3. The van der Waals surface area contributed by atoms with Gasteiger partial charge in [-0.3, -0.25) is 0 Å². The van der Waals surface area contributed by atoms with Crippen LogP contribution in [-0.4, -0.2) is 44.8 Å². The number of hydrogen-bond donors (Lipinski definition) is 2. The van der Waals surface area contributed by atoms with E-state index < -0.39 is 0 Å². The van der Waals surface area contributed by atoms with Gasteiger partial charge in [-0.2, -0.15) is 12.6 Å². The summed E-state index contributed by atoms with van der Waals surface area (Å²) in [6, 6.07) is 0.584. The zero-order chi connectivity index (χ0) is 12.1. The standard InChI is InChI=1S/C12H27NO2S/c1-3-12(2)13-6-8-15-10-9-14-7-4-5-11-16/h12-13,16H,3-11H2,1-2H3. The minimum absolute atomic E-state index is 0.584. The van der Waals surface area contributed by atoms with E-state index in [9.17, 15) is 0 Å². The van der Waals surface area contributed by atoms with E-state index in [4.69, 9.17) is 9.47 Å². The molecular formula is C12H27NO2S. The van der Waals surface area contributed by atoms with Crippen molar-refractivity contribution < 1.29 is 9.47 Å². The van der Waals surface area contributed by atoms with E-state index in [2.05, 4.69) is 31.8 Å². The van der Waals surface area contributed by atoms with Crippen molar-refractivity contribution in [2.75, 3.05) is 38.7 Å². The van der Waals surface area contributed by atoms with E-state index >= 15 is 0 Å². The molecule has 0 aliphatic carbocycles. The Morgan fingerprint density at radius 1 is 1.06 bits per heavy atom. The average molecular weight is 249 g/mol. The maximum absolute atomic E-state index is 5.43. The lowest BCUT2D eigenvalue weighted by molar-refractivity contribution is 0.0473. The molecule has 0 aromatic rings. The van der Waals surface area contributed by atoms with E-state index in [1.54, 1.807) is 0 Å². The summed E-state index contributed by atoms with van der Waals surface area (Å²) in [5.41, 5.74) is 0. The van der Waals surface area contributed by atoms with Gasteiger partial charge in [-0.1, -0.05) is 6.92 Å².